The lowest BCUT2D eigenvalue weighted by atomic mass is 9.95. The Kier molecular flexibility index (Phi) is 6.77. The van der Waals surface area contributed by atoms with Crippen LogP contribution in [-0.2, 0) is 4.79 Å². The van der Waals surface area contributed by atoms with Crippen LogP contribution in [-0.4, -0.2) is 74.2 Å². The first-order valence-corrected chi connectivity index (χ1v) is 11.1. The number of carbonyl (C=O) groups excluding carboxylic acids is 1. The summed E-state index contributed by atoms with van der Waals surface area (Å²) in [5.74, 6) is 1.59. The first-order chi connectivity index (χ1) is 15.0. The molecule has 4 rings (SSSR count). The van der Waals surface area contributed by atoms with E-state index in [-0.39, 0.29) is 11.8 Å². The maximum absolute atomic E-state index is 12.8. The van der Waals surface area contributed by atoms with Gasteiger partial charge < -0.3 is 24.8 Å². The lowest BCUT2D eigenvalue weighted by Gasteiger charge is -2.38. The zero-order chi connectivity index (χ0) is 21.8. The zero-order valence-corrected chi connectivity index (χ0v) is 18.8. The predicted molar refractivity (Wildman–Crippen MR) is 123 cm³/mol. The molecule has 1 aromatic heterocycles. The molecule has 8 nitrogen and oxygen atoms in total. The minimum Gasteiger partial charge on any atom is -0.495 e. The van der Waals surface area contributed by atoms with Crippen LogP contribution >= 0.6 is 11.6 Å². The second-order valence-electron chi connectivity index (χ2n) is 8.12. The maximum Gasteiger partial charge on any atom is 0.227 e. The molecule has 3 heterocycles. The molecule has 0 atom stereocenters. The highest BCUT2D eigenvalue weighted by Crippen LogP contribution is 2.32. The molecule has 31 heavy (non-hydrogen) atoms. The van der Waals surface area contributed by atoms with Crippen LogP contribution in [0.3, 0.4) is 0 Å². The number of hydrogen-bond acceptors (Lipinski definition) is 7. The molecule has 0 unspecified atom stereocenters. The van der Waals surface area contributed by atoms with Gasteiger partial charge in [-0.15, -0.1) is 0 Å². The van der Waals surface area contributed by atoms with Gasteiger partial charge in [-0.25, -0.2) is 9.97 Å². The van der Waals surface area contributed by atoms with E-state index in [9.17, 15) is 4.79 Å². The van der Waals surface area contributed by atoms with Gasteiger partial charge in [0.2, 0.25) is 5.91 Å². The number of methoxy groups -OCH3 is 1. The summed E-state index contributed by atoms with van der Waals surface area (Å²) in [6.45, 7) is 5.58. The van der Waals surface area contributed by atoms with E-state index >= 15 is 0 Å². The number of piperazine rings is 1. The van der Waals surface area contributed by atoms with Crippen molar-refractivity contribution in [3.63, 3.8) is 0 Å². The first-order valence-electron chi connectivity index (χ1n) is 10.7. The van der Waals surface area contributed by atoms with E-state index in [4.69, 9.17) is 16.3 Å². The minimum atomic E-state index is -0.0335. The number of carbonyl (C=O) groups is 1. The van der Waals surface area contributed by atoms with Gasteiger partial charge in [0.1, 0.15) is 12.1 Å². The van der Waals surface area contributed by atoms with Crippen molar-refractivity contribution in [1.29, 1.82) is 0 Å². The molecule has 1 N–H and O–H groups in total. The van der Waals surface area contributed by atoms with Gasteiger partial charge in [-0.2, -0.15) is 0 Å². The number of likely N-dealkylation sites (N-methyl/N-ethyl adjacent to an activating group) is 1. The SMILES string of the molecule is COc1ccc(NC(=O)C2CCN(c3cncnc3N3CCN(C)CC3)CC2)cc1Cl. The van der Waals surface area contributed by atoms with Crippen LogP contribution in [0.25, 0.3) is 0 Å². The van der Waals surface area contributed by atoms with Crippen molar-refractivity contribution in [1.82, 2.24) is 14.9 Å². The van der Waals surface area contributed by atoms with Crippen molar-refractivity contribution in [2.45, 2.75) is 12.8 Å². The second-order valence-corrected chi connectivity index (χ2v) is 8.53. The Morgan fingerprint density at radius 3 is 2.55 bits per heavy atom. The molecule has 0 aliphatic carbocycles. The summed E-state index contributed by atoms with van der Waals surface area (Å²) in [6, 6.07) is 5.29. The number of nitrogens with one attached hydrogen (secondary N) is 1. The van der Waals surface area contributed by atoms with Crippen molar-refractivity contribution in [3.05, 3.63) is 35.7 Å². The van der Waals surface area contributed by atoms with E-state index in [2.05, 4.69) is 37.0 Å². The van der Waals surface area contributed by atoms with E-state index in [0.717, 1.165) is 63.6 Å². The Morgan fingerprint density at radius 1 is 1.13 bits per heavy atom. The smallest absolute Gasteiger partial charge is 0.227 e. The van der Waals surface area contributed by atoms with Gasteiger partial charge in [0.15, 0.2) is 5.82 Å². The van der Waals surface area contributed by atoms with Crippen molar-refractivity contribution in [2.75, 3.05) is 68.5 Å². The molecule has 9 heteroatoms. The molecule has 2 aromatic rings. The number of anilines is 3. The molecule has 2 aliphatic heterocycles. The number of piperidine rings is 1. The van der Waals surface area contributed by atoms with E-state index in [1.807, 2.05) is 6.20 Å². The Labute approximate surface area is 188 Å². The summed E-state index contributed by atoms with van der Waals surface area (Å²) >= 11 is 6.17. The fourth-order valence-corrected chi connectivity index (χ4v) is 4.43. The molecule has 0 saturated carbocycles. The molecule has 2 fully saturated rings. The predicted octanol–water partition coefficient (Wildman–Crippen LogP) is 2.75. The molecule has 2 aliphatic rings. The van der Waals surface area contributed by atoms with E-state index in [1.165, 1.54) is 0 Å². The third kappa shape index (κ3) is 5.02. The standard InChI is InChI=1S/C22H29ClN6O2/c1-27-9-11-29(12-10-27)21-19(14-24-15-25-21)28-7-5-16(6-8-28)22(30)26-17-3-4-20(31-2)18(23)13-17/h3-4,13-16H,5-12H2,1-2H3,(H,26,30). The summed E-state index contributed by atoms with van der Waals surface area (Å²) in [7, 11) is 3.72. The van der Waals surface area contributed by atoms with Gasteiger partial charge in [0.25, 0.3) is 0 Å². The summed E-state index contributed by atoms with van der Waals surface area (Å²) in [5, 5.41) is 3.47. The minimum absolute atomic E-state index is 0.0319. The molecular formula is C22H29ClN6O2. The summed E-state index contributed by atoms with van der Waals surface area (Å²) in [5.41, 5.74) is 1.75. The highest BCUT2D eigenvalue weighted by Gasteiger charge is 2.28. The Bertz CT molecular complexity index is 911. The van der Waals surface area contributed by atoms with E-state index < -0.39 is 0 Å². The average Bonchev–Trinajstić information content (AvgIpc) is 2.80. The average molecular weight is 445 g/mol. The van der Waals surface area contributed by atoms with Crippen molar-refractivity contribution in [3.8, 4) is 5.75 Å². The second kappa shape index (κ2) is 9.70. The van der Waals surface area contributed by atoms with Crippen LogP contribution in [0.2, 0.25) is 5.02 Å². The number of halogens is 1. The number of hydrogen-bond donors (Lipinski definition) is 1. The Hall–Kier alpha value is -2.58. The summed E-state index contributed by atoms with van der Waals surface area (Å²) < 4.78 is 5.17. The lowest BCUT2D eigenvalue weighted by Crippen LogP contribution is -2.46. The van der Waals surface area contributed by atoms with E-state index in [0.29, 0.717) is 16.5 Å². The number of rotatable bonds is 5. The number of benzene rings is 1. The number of amides is 1. The van der Waals surface area contributed by atoms with Crippen LogP contribution in [0.4, 0.5) is 17.2 Å². The van der Waals surface area contributed by atoms with Gasteiger partial charge in [0.05, 0.1) is 24.0 Å². The number of ether oxygens (including phenoxy) is 1. The highest BCUT2D eigenvalue weighted by atomic mass is 35.5. The quantitative estimate of drug-likeness (QED) is 0.760. The van der Waals surface area contributed by atoms with Gasteiger partial charge in [0, 0.05) is 50.9 Å². The summed E-state index contributed by atoms with van der Waals surface area (Å²) in [4.78, 5) is 28.6. The highest BCUT2D eigenvalue weighted by molar-refractivity contribution is 6.32. The van der Waals surface area contributed by atoms with Gasteiger partial charge in [-0.1, -0.05) is 11.6 Å². The fraction of sp³-hybridized carbons (Fsp3) is 0.500. The Balaban J connectivity index is 1.37. The van der Waals surface area contributed by atoms with Crippen molar-refractivity contribution in [2.24, 2.45) is 5.92 Å². The first kappa shape index (κ1) is 21.6. The Morgan fingerprint density at radius 2 is 1.87 bits per heavy atom. The topological polar surface area (TPSA) is 73.8 Å². The van der Waals surface area contributed by atoms with Gasteiger partial charge in [-0.3, -0.25) is 4.79 Å². The fourth-order valence-electron chi connectivity index (χ4n) is 4.17. The molecule has 1 aromatic carbocycles. The van der Waals surface area contributed by atoms with Crippen molar-refractivity contribution >= 4 is 34.7 Å². The number of nitrogens with zero attached hydrogens (tertiary/aromatic N) is 5. The monoisotopic (exact) mass is 444 g/mol. The largest absolute Gasteiger partial charge is 0.495 e. The normalized spacial score (nSPS) is 18.2. The van der Waals surface area contributed by atoms with Crippen LogP contribution < -0.4 is 19.9 Å². The third-order valence-electron chi connectivity index (χ3n) is 6.10. The maximum atomic E-state index is 12.8. The molecule has 0 radical (unpaired) electrons. The molecular weight excluding hydrogens is 416 g/mol. The molecule has 0 spiro atoms. The molecule has 2 saturated heterocycles. The van der Waals surface area contributed by atoms with Crippen LogP contribution in [0.1, 0.15) is 12.8 Å². The van der Waals surface area contributed by atoms with Crippen LogP contribution in [0.15, 0.2) is 30.7 Å². The molecule has 1 amide bonds. The van der Waals surface area contributed by atoms with Gasteiger partial charge >= 0.3 is 0 Å². The zero-order valence-electron chi connectivity index (χ0n) is 18.1. The number of aromatic nitrogens is 2. The van der Waals surface area contributed by atoms with Crippen LogP contribution in [0.5, 0.6) is 5.75 Å². The lowest BCUT2D eigenvalue weighted by molar-refractivity contribution is -0.120. The molecule has 0 bridgehead atoms. The van der Waals surface area contributed by atoms with Crippen LogP contribution in [0, 0.1) is 5.92 Å². The van der Waals surface area contributed by atoms with Crippen molar-refractivity contribution < 1.29 is 9.53 Å². The van der Waals surface area contributed by atoms with E-state index in [1.54, 1.807) is 31.6 Å². The molecule has 166 valence electrons. The third-order valence-corrected chi connectivity index (χ3v) is 6.40. The summed E-state index contributed by atoms with van der Waals surface area (Å²) in [6.07, 6.45) is 5.09. The van der Waals surface area contributed by atoms with Gasteiger partial charge in [-0.05, 0) is 38.1 Å².